The molecule has 1 saturated heterocycles. The summed E-state index contributed by atoms with van der Waals surface area (Å²) in [5, 5.41) is 21.3. The van der Waals surface area contributed by atoms with Crippen LogP contribution in [0.1, 0.15) is 35.6 Å². The molecule has 5 heteroatoms. The topological polar surface area (TPSA) is 61.2 Å². The van der Waals surface area contributed by atoms with Crippen LogP contribution in [0.4, 0.5) is 0 Å². The van der Waals surface area contributed by atoms with Crippen molar-refractivity contribution in [2.45, 2.75) is 25.4 Å². The van der Waals surface area contributed by atoms with E-state index in [-0.39, 0.29) is 6.61 Å². The Morgan fingerprint density at radius 2 is 1.66 bits per heavy atom. The van der Waals surface area contributed by atoms with Gasteiger partial charge in [0.1, 0.15) is 0 Å². The minimum atomic E-state index is 0.0923. The number of pyridine rings is 1. The zero-order valence-corrected chi connectivity index (χ0v) is 18.7. The Morgan fingerprint density at radius 3 is 2.38 bits per heavy atom. The lowest BCUT2D eigenvalue weighted by Crippen LogP contribution is -2.28. The van der Waals surface area contributed by atoms with E-state index in [1.165, 1.54) is 21.9 Å². The Bertz CT molecular complexity index is 1200. The van der Waals surface area contributed by atoms with Crippen LogP contribution in [0.3, 0.4) is 0 Å². The molecule has 5 rings (SSSR count). The average Bonchev–Trinajstić information content (AvgIpc) is 3.26. The highest BCUT2D eigenvalue weighted by molar-refractivity contribution is 6.06. The van der Waals surface area contributed by atoms with Crippen LogP contribution in [0.15, 0.2) is 67.1 Å². The molecule has 1 aliphatic heterocycles. The SMILES string of the molecule is C[O].Cn1cc2c(C3CCN(C=Cc4ccc(CO)cc4)CC3)nc3ccccc3c2c1. The fourth-order valence-electron chi connectivity index (χ4n) is 4.55. The maximum atomic E-state index is 9.17. The first-order valence-electron chi connectivity index (χ1n) is 11.1. The zero-order chi connectivity index (χ0) is 22.5. The fraction of sp³-hybridized carbons (Fsp3) is 0.296. The van der Waals surface area contributed by atoms with Crippen LogP contribution < -0.4 is 0 Å². The summed E-state index contributed by atoms with van der Waals surface area (Å²) in [6.45, 7) is 2.17. The molecule has 1 aliphatic rings. The quantitative estimate of drug-likeness (QED) is 0.491. The summed E-state index contributed by atoms with van der Waals surface area (Å²) in [5.74, 6) is 0.494. The first-order chi connectivity index (χ1) is 15.7. The van der Waals surface area contributed by atoms with Crippen LogP contribution >= 0.6 is 0 Å². The number of rotatable bonds is 4. The van der Waals surface area contributed by atoms with E-state index >= 15 is 0 Å². The van der Waals surface area contributed by atoms with Crippen molar-refractivity contribution in [3.05, 3.63) is 83.9 Å². The van der Waals surface area contributed by atoms with Crippen molar-refractivity contribution in [2.24, 2.45) is 7.05 Å². The third-order valence-electron chi connectivity index (χ3n) is 6.22. The highest BCUT2D eigenvalue weighted by atomic mass is 16.3. The van der Waals surface area contributed by atoms with Crippen LogP contribution in [-0.4, -0.2) is 39.8 Å². The number of aryl methyl sites for hydroxylation is 1. The van der Waals surface area contributed by atoms with E-state index in [1.807, 2.05) is 12.1 Å². The van der Waals surface area contributed by atoms with Crippen molar-refractivity contribution in [1.29, 1.82) is 0 Å². The predicted octanol–water partition coefficient (Wildman–Crippen LogP) is 5.12. The average molecular weight is 429 g/mol. The molecule has 1 N–H and O–H groups in total. The van der Waals surface area contributed by atoms with Gasteiger partial charge in [-0.3, -0.25) is 4.98 Å². The van der Waals surface area contributed by atoms with Gasteiger partial charge in [0.05, 0.1) is 24.9 Å². The van der Waals surface area contributed by atoms with Crippen LogP contribution in [0.25, 0.3) is 27.8 Å². The van der Waals surface area contributed by atoms with Gasteiger partial charge in [-0.15, -0.1) is 0 Å². The lowest BCUT2D eigenvalue weighted by molar-refractivity contribution is 0.281. The fourth-order valence-corrected chi connectivity index (χ4v) is 4.55. The maximum absolute atomic E-state index is 9.17. The van der Waals surface area contributed by atoms with Gasteiger partial charge in [-0.1, -0.05) is 42.5 Å². The number of aliphatic hydroxyl groups excluding tert-OH is 1. The molecule has 0 saturated carbocycles. The Hall–Kier alpha value is -3.15. The Labute approximate surface area is 189 Å². The van der Waals surface area contributed by atoms with Crippen molar-refractivity contribution in [2.75, 3.05) is 20.2 Å². The molecule has 1 fully saturated rings. The summed E-state index contributed by atoms with van der Waals surface area (Å²) in [5.41, 5.74) is 4.46. The monoisotopic (exact) mass is 428 g/mol. The van der Waals surface area contributed by atoms with E-state index in [9.17, 15) is 5.11 Å². The van der Waals surface area contributed by atoms with E-state index < -0.39 is 0 Å². The van der Waals surface area contributed by atoms with Gasteiger partial charge in [-0.25, -0.2) is 5.11 Å². The van der Waals surface area contributed by atoms with E-state index in [0.717, 1.165) is 49.7 Å². The first-order valence-corrected chi connectivity index (χ1v) is 11.1. The van der Waals surface area contributed by atoms with Gasteiger partial charge in [-0.2, -0.15) is 0 Å². The molecule has 2 aromatic heterocycles. The van der Waals surface area contributed by atoms with Crippen LogP contribution in [-0.2, 0) is 18.8 Å². The van der Waals surface area contributed by atoms with E-state index in [0.29, 0.717) is 5.92 Å². The highest BCUT2D eigenvalue weighted by Gasteiger charge is 2.23. The number of nitrogens with zero attached hydrogens (tertiary/aromatic N) is 3. The third-order valence-corrected chi connectivity index (χ3v) is 6.22. The number of piperidine rings is 1. The summed E-state index contributed by atoms with van der Waals surface area (Å²) in [4.78, 5) is 7.51. The Morgan fingerprint density at radius 1 is 0.969 bits per heavy atom. The Kier molecular flexibility index (Phi) is 6.88. The number of benzene rings is 2. The molecule has 3 heterocycles. The van der Waals surface area contributed by atoms with Gasteiger partial charge in [-0.05, 0) is 42.3 Å². The molecule has 32 heavy (non-hydrogen) atoms. The van der Waals surface area contributed by atoms with Gasteiger partial charge >= 0.3 is 0 Å². The largest absolute Gasteiger partial charge is 0.392 e. The van der Waals surface area contributed by atoms with Crippen molar-refractivity contribution in [3.8, 4) is 0 Å². The van der Waals surface area contributed by atoms with E-state index in [2.05, 4.69) is 77.6 Å². The van der Waals surface area contributed by atoms with Crippen molar-refractivity contribution >= 4 is 27.8 Å². The minimum Gasteiger partial charge on any atom is -0.392 e. The molecule has 0 spiro atoms. The van der Waals surface area contributed by atoms with Gasteiger partial charge in [0.2, 0.25) is 0 Å². The molecule has 4 aromatic rings. The zero-order valence-electron chi connectivity index (χ0n) is 18.7. The molecule has 5 nitrogen and oxygen atoms in total. The van der Waals surface area contributed by atoms with E-state index in [1.54, 1.807) is 0 Å². The van der Waals surface area contributed by atoms with Crippen molar-refractivity contribution in [1.82, 2.24) is 14.5 Å². The molecule has 0 unspecified atom stereocenters. The standard InChI is InChI=1S/C26H27N3O.CH3O/c1-28-16-23-22-4-2-3-5-25(22)27-26(24(23)17-28)21-11-14-29(15-12-21)13-10-19-6-8-20(18-30)9-7-19;1-2/h2-10,13,16-17,21,30H,11-12,14-15,18H2,1H3;1H3. The second kappa shape index (κ2) is 9.98. The number of aliphatic hydroxyl groups is 1. The minimum absolute atomic E-state index is 0.0923. The number of hydrogen-bond acceptors (Lipinski definition) is 3. The molecule has 0 aliphatic carbocycles. The summed E-state index contributed by atoms with van der Waals surface area (Å²) in [7, 11) is 2.85. The van der Waals surface area contributed by atoms with Crippen LogP contribution in [0, 0.1) is 0 Å². The smallest absolute Gasteiger partial charge is 0.0712 e. The summed E-state index contributed by atoms with van der Waals surface area (Å²) >= 11 is 0. The molecule has 165 valence electrons. The molecular weight excluding hydrogens is 398 g/mol. The van der Waals surface area contributed by atoms with Gasteiger partial charge in [0.15, 0.2) is 0 Å². The number of aromatic nitrogens is 2. The van der Waals surface area contributed by atoms with Gasteiger partial charge < -0.3 is 14.6 Å². The molecule has 2 aromatic carbocycles. The summed E-state index contributed by atoms with van der Waals surface area (Å²) < 4.78 is 2.15. The normalized spacial score (nSPS) is 14.8. The van der Waals surface area contributed by atoms with E-state index in [4.69, 9.17) is 10.1 Å². The molecule has 1 radical (unpaired) electrons. The molecular formula is C27H30N3O2. The molecule has 0 amide bonds. The molecule has 0 atom stereocenters. The van der Waals surface area contributed by atoms with Crippen LogP contribution in [0.2, 0.25) is 0 Å². The maximum Gasteiger partial charge on any atom is 0.0712 e. The molecule has 0 bridgehead atoms. The Balaban J connectivity index is 0.00000119. The predicted molar refractivity (Wildman–Crippen MR) is 130 cm³/mol. The lowest BCUT2D eigenvalue weighted by atomic mass is 9.90. The first kappa shape index (κ1) is 22.1. The number of hydrogen-bond donors (Lipinski definition) is 1. The van der Waals surface area contributed by atoms with Crippen molar-refractivity contribution < 1.29 is 10.2 Å². The van der Waals surface area contributed by atoms with Crippen molar-refractivity contribution in [3.63, 3.8) is 0 Å². The van der Waals surface area contributed by atoms with Crippen LogP contribution in [0.5, 0.6) is 0 Å². The second-order valence-electron chi connectivity index (χ2n) is 8.29. The summed E-state index contributed by atoms with van der Waals surface area (Å²) in [6.07, 6.45) is 11.0. The third kappa shape index (κ3) is 4.54. The lowest BCUT2D eigenvalue weighted by Gasteiger charge is -2.31. The number of fused-ring (bicyclic) bond motifs is 3. The van der Waals surface area contributed by atoms with Gasteiger partial charge in [0, 0.05) is 54.6 Å². The number of likely N-dealkylation sites (tertiary alicyclic amines) is 1. The second-order valence-corrected chi connectivity index (χ2v) is 8.29. The van der Waals surface area contributed by atoms with Gasteiger partial charge in [0.25, 0.3) is 0 Å². The highest BCUT2D eigenvalue weighted by Crippen LogP contribution is 2.35. The number of para-hydroxylation sites is 1. The summed E-state index contributed by atoms with van der Waals surface area (Å²) in [6, 6.07) is 16.5.